The number of fused-ring (bicyclic) bond motifs is 1. The number of H-pyrrole nitrogens is 1. The van der Waals surface area contributed by atoms with Crippen LogP contribution in [0.25, 0.3) is 10.9 Å². The lowest BCUT2D eigenvalue weighted by molar-refractivity contribution is -0.156. The first kappa shape index (κ1) is 21.1. The van der Waals surface area contributed by atoms with Gasteiger partial charge in [0.1, 0.15) is 12.0 Å². The van der Waals surface area contributed by atoms with Crippen molar-refractivity contribution in [1.29, 1.82) is 0 Å². The van der Waals surface area contributed by atoms with Crippen LogP contribution in [0.4, 0.5) is 0 Å². The normalized spacial score (nSPS) is 9.58. The molecule has 0 aliphatic heterocycles. The molecular formula is C18H23NO7. The topological polar surface area (TPSA) is 125 Å². The molecule has 0 aliphatic carbocycles. The molecule has 1 aromatic carbocycles. The third-order valence-corrected chi connectivity index (χ3v) is 3.23. The lowest BCUT2D eigenvalue weighted by Gasteiger charge is -2.00. The number of aliphatic hydroxyl groups is 1. The average Bonchev–Trinajstić information content (AvgIpc) is 3.08. The quantitative estimate of drug-likeness (QED) is 0.414. The van der Waals surface area contributed by atoms with E-state index >= 15 is 0 Å². The zero-order valence-corrected chi connectivity index (χ0v) is 14.9. The number of nitrogens with one attached hydrogen (secondary N) is 1. The minimum atomic E-state index is -0.671. The smallest absolute Gasteiger partial charge is 0.325 e. The number of ether oxygens (including phenoxy) is 1. The highest BCUT2D eigenvalue weighted by molar-refractivity contribution is 5.84. The molecule has 0 radical (unpaired) electrons. The number of methoxy groups -OCH3 is 1. The Hall–Kier alpha value is -2.97. The molecule has 8 nitrogen and oxygen atoms in total. The molecule has 0 fully saturated rings. The molecule has 0 amide bonds. The van der Waals surface area contributed by atoms with E-state index in [0.29, 0.717) is 6.42 Å². The second kappa shape index (κ2) is 10.8. The monoisotopic (exact) mass is 365 g/mol. The van der Waals surface area contributed by atoms with Crippen LogP contribution >= 0.6 is 0 Å². The molecule has 26 heavy (non-hydrogen) atoms. The minimum Gasteiger partial charge on any atom is -0.502 e. The first-order valence-electron chi connectivity index (χ1n) is 7.97. The summed E-state index contributed by atoms with van der Waals surface area (Å²) >= 11 is 0. The molecule has 3 rings (SSSR count). The van der Waals surface area contributed by atoms with E-state index in [1.807, 2.05) is 38.2 Å². The molecule has 0 atom stereocenters. The van der Waals surface area contributed by atoms with Gasteiger partial charge in [0.05, 0.1) is 13.2 Å². The summed E-state index contributed by atoms with van der Waals surface area (Å²) in [5, 5.41) is 26.5. The van der Waals surface area contributed by atoms with Crippen LogP contribution in [0.15, 0.2) is 45.9 Å². The Morgan fingerprint density at radius 2 is 1.96 bits per heavy atom. The number of aromatic hydroxyl groups is 1. The average molecular weight is 365 g/mol. The van der Waals surface area contributed by atoms with Crippen LogP contribution in [0.5, 0.6) is 17.4 Å². The molecule has 0 saturated heterocycles. The lowest BCUT2D eigenvalue weighted by atomic mass is 10.1. The third kappa shape index (κ3) is 5.54. The van der Waals surface area contributed by atoms with Crippen LogP contribution in [0.1, 0.15) is 19.4 Å². The maximum atomic E-state index is 10.5. The first-order valence-corrected chi connectivity index (χ1v) is 7.97. The van der Waals surface area contributed by atoms with Crippen molar-refractivity contribution in [3.8, 4) is 17.4 Å². The van der Waals surface area contributed by atoms with Crippen molar-refractivity contribution in [2.24, 2.45) is 0 Å². The summed E-state index contributed by atoms with van der Waals surface area (Å²) in [6.45, 7) is 4.17. The molecule has 2 heterocycles. The van der Waals surface area contributed by atoms with E-state index in [4.69, 9.17) is 20.2 Å². The number of benzene rings is 1. The number of aromatic amines is 1. The largest absolute Gasteiger partial charge is 0.502 e. The maximum absolute atomic E-state index is 10.5. The van der Waals surface area contributed by atoms with Gasteiger partial charge in [0, 0.05) is 23.7 Å². The van der Waals surface area contributed by atoms with E-state index in [2.05, 4.69) is 14.3 Å². The van der Waals surface area contributed by atoms with Crippen molar-refractivity contribution in [2.75, 3.05) is 13.7 Å². The lowest BCUT2D eigenvalue weighted by Crippen LogP contribution is -1.98. The summed E-state index contributed by atoms with van der Waals surface area (Å²) in [6, 6.07) is 6.70. The van der Waals surface area contributed by atoms with E-state index in [0.717, 1.165) is 34.5 Å². The third-order valence-electron chi connectivity index (χ3n) is 3.23. The highest BCUT2D eigenvalue weighted by Gasteiger charge is 2.04. The molecule has 0 unspecified atom stereocenters. The van der Waals surface area contributed by atoms with Gasteiger partial charge in [-0.25, -0.2) is 0 Å². The number of hydrogen-bond donors (Lipinski definition) is 4. The Labute approximate surface area is 150 Å². The Bertz CT molecular complexity index is 854. The Kier molecular flexibility index (Phi) is 8.76. The Morgan fingerprint density at radius 1 is 1.23 bits per heavy atom. The van der Waals surface area contributed by atoms with Crippen LogP contribution < -0.4 is 15.1 Å². The van der Waals surface area contributed by atoms with Crippen LogP contribution in [0.2, 0.25) is 0 Å². The first-order chi connectivity index (χ1) is 12.6. The van der Waals surface area contributed by atoms with Crippen molar-refractivity contribution in [2.45, 2.75) is 20.3 Å². The molecule has 0 bridgehead atoms. The van der Waals surface area contributed by atoms with Crippen LogP contribution in [-0.4, -0.2) is 34.2 Å². The van der Waals surface area contributed by atoms with Gasteiger partial charge >= 0.3 is 5.95 Å². The molecule has 2 aromatic heterocycles. The zero-order chi connectivity index (χ0) is 19.5. The van der Waals surface area contributed by atoms with E-state index in [-0.39, 0.29) is 12.6 Å². The molecule has 3 aromatic rings. The van der Waals surface area contributed by atoms with Gasteiger partial charge in [-0.1, -0.05) is 13.8 Å². The highest BCUT2D eigenvalue weighted by atomic mass is 17.1. The number of aliphatic hydroxyl groups excluding tert-OH is 1. The fraction of sp³-hybridized carbons (Fsp3) is 0.278. The molecule has 4 N–H and O–H groups in total. The Morgan fingerprint density at radius 3 is 2.54 bits per heavy atom. The second-order valence-corrected chi connectivity index (χ2v) is 4.74. The second-order valence-electron chi connectivity index (χ2n) is 4.74. The predicted octanol–water partition coefficient (Wildman–Crippen LogP) is 2.93. The van der Waals surface area contributed by atoms with E-state index in [9.17, 15) is 4.79 Å². The minimum absolute atomic E-state index is 0.171. The van der Waals surface area contributed by atoms with E-state index < -0.39 is 11.2 Å². The van der Waals surface area contributed by atoms with Gasteiger partial charge in [0.2, 0.25) is 5.43 Å². The summed E-state index contributed by atoms with van der Waals surface area (Å²) in [7, 11) is 1.65. The van der Waals surface area contributed by atoms with Crippen molar-refractivity contribution in [1.82, 2.24) is 4.98 Å². The molecule has 0 saturated carbocycles. The van der Waals surface area contributed by atoms with Crippen molar-refractivity contribution < 1.29 is 29.5 Å². The summed E-state index contributed by atoms with van der Waals surface area (Å²) in [5.74, 6) is -0.0418. The fourth-order valence-electron chi connectivity index (χ4n) is 2.05. The maximum Gasteiger partial charge on any atom is 0.325 e. The van der Waals surface area contributed by atoms with E-state index in [1.54, 1.807) is 7.11 Å². The predicted molar refractivity (Wildman–Crippen MR) is 96.9 cm³/mol. The number of hydrogen-bond acceptors (Lipinski definition) is 7. The molecular weight excluding hydrogens is 342 g/mol. The SMILES string of the molecule is CC.COc1ccc2[nH]cc(CCO)c2c1.O=c1cc(OO)occ1O. The van der Waals surface area contributed by atoms with Gasteiger partial charge in [-0.2, -0.15) is 5.26 Å². The molecule has 0 spiro atoms. The van der Waals surface area contributed by atoms with Gasteiger partial charge in [-0.05, 0) is 30.2 Å². The molecule has 0 aliphatic rings. The molecule has 142 valence electrons. The van der Waals surface area contributed by atoms with Crippen LogP contribution in [0.3, 0.4) is 0 Å². The van der Waals surface area contributed by atoms with Crippen molar-refractivity contribution >= 4 is 10.9 Å². The summed E-state index contributed by atoms with van der Waals surface area (Å²) in [4.78, 5) is 17.2. The fourth-order valence-corrected chi connectivity index (χ4v) is 2.05. The number of rotatable bonds is 4. The highest BCUT2D eigenvalue weighted by Crippen LogP contribution is 2.23. The zero-order valence-electron chi connectivity index (χ0n) is 14.9. The van der Waals surface area contributed by atoms with Gasteiger partial charge in [0.25, 0.3) is 0 Å². The Balaban J connectivity index is 0.000000249. The molecule has 8 heteroatoms. The van der Waals surface area contributed by atoms with Gasteiger partial charge < -0.3 is 29.2 Å². The van der Waals surface area contributed by atoms with Crippen LogP contribution in [-0.2, 0) is 6.42 Å². The van der Waals surface area contributed by atoms with Crippen LogP contribution in [0, 0.1) is 0 Å². The van der Waals surface area contributed by atoms with E-state index in [1.165, 1.54) is 0 Å². The standard InChI is InChI=1S/C11H13NO2.C5H4O5.C2H6/c1-14-9-2-3-11-10(6-9)8(4-5-13)7-12-11;6-3-1-5(10-8)9-2-4(3)7;1-2/h2-3,6-7,12-13H,4-5H2,1H3;1-2,7-8H;1-2H3. The van der Waals surface area contributed by atoms with Gasteiger partial charge in [0.15, 0.2) is 5.75 Å². The van der Waals surface area contributed by atoms with Crippen molar-refractivity contribution in [3.05, 3.63) is 52.5 Å². The van der Waals surface area contributed by atoms with Gasteiger partial charge in [-0.3, -0.25) is 4.79 Å². The van der Waals surface area contributed by atoms with Gasteiger partial charge in [-0.15, -0.1) is 0 Å². The number of aromatic nitrogens is 1. The summed E-state index contributed by atoms with van der Waals surface area (Å²) in [5.41, 5.74) is 1.53. The summed E-state index contributed by atoms with van der Waals surface area (Å²) in [6.07, 6.45) is 3.38. The van der Waals surface area contributed by atoms with Crippen molar-refractivity contribution in [3.63, 3.8) is 0 Å². The summed E-state index contributed by atoms with van der Waals surface area (Å²) < 4.78 is 9.51.